The Labute approximate surface area is 150 Å². The van der Waals surface area contributed by atoms with Crippen molar-refractivity contribution < 1.29 is 14.6 Å². The molecule has 2 heterocycles. The first-order chi connectivity index (χ1) is 11.8. The van der Waals surface area contributed by atoms with Crippen molar-refractivity contribution in [3.05, 3.63) is 34.4 Å². The van der Waals surface area contributed by atoms with Gasteiger partial charge < -0.3 is 15.2 Å². The summed E-state index contributed by atoms with van der Waals surface area (Å²) < 4.78 is 6.19. The second kappa shape index (κ2) is 6.57. The molecule has 0 saturated carbocycles. The number of aliphatic hydroxyl groups is 1. The lowest BCUT2D eigenvalue weighted by molar-refractivity contribution is -0.285. The molecule has 2 unspecified atom stereocenters. The maximum Gasteiger partial charge on any atom is 0.177 e. The second-order valence-corrected chi connectivity index (χ2v) is 7.56. The molecule has 2 fully saturated rings. The van der Waals surface area contributed by atoms with Crippen LogP contribution in [0.15, 0.2) is 12.1 Å². The molecule has 134 valence electrons. The minimum Gasteiger partial charge on any atom is -0.365 e. The molecule has 0 radical (unpaired) electrons. The average molecular weight is 341 g/mol. The number of aryl methyl sites for hydroxylation is 2. The number of hydrogen-bond donors (Lipinski definition) is 2. The highest BCUT2D eigenvalue weighted by Crippen LogP contribution is 2.46. The van der Waals surface area contributed by atoms with E-state index in [1.165, 1.54) is 0 Å². The van der Waals surface area contributed by atoms with Gasteiger partial charge in [-0.25, -0.2) is 0 Å². The molecular formula is C21H27NO3. The van der Waals surface area contributed by atoms with Crippen molar-refractivity contribution >= 4 is 5.78 Å². The van der Waals surface area contributed by atoms with Crippen molar-refractivity contribution in [3.63, 3.8) is 0 Å². The SMILES string of the molecule is CC#Cc1cc(C)c(C2C(=O)CC3(CCNCC3)OC2(C)O)c(C)c1. The van der Waals surface area contributed by atoms with Gasteiger partial charge in [0.05, 0.1) is 11.5 Å². The van der Waals surface area contributed by atoms with Crippen molar-refractivity contribution in [1.82, 2.24) is 5.32 Å². The summed E-state index contributed by atoms with van der Waals surface area (Å²) in [5.74, 6) is 3.88. The van der Waals surface area contributed by atoms with Crippen LogP contribution in [0.3, 0.4) is 0 Å². The number of carbonyl (C=O) groups is 1. The molecule has 2 aliphatic heterocycles. The molecular weight excluding hydrogens is 314 g/mol. The van der Waals surface area contributed by atoms with E-state index in [0.29, 0.717) is 6.42 Å². The molecule has 2 N–H and O–H groups in total. The third kappa shape index (κ3) is 3.37. The van der Waals surface area contributed by atoms with Gasteiger partial charge in [-0.05, 0) is 82.4 Å². The summed E-state index contributed by atoms with van der Waals surface area (Å²) in [6, 6.07) is 3.97. The lowest BCUT2D eigenvalue weighted by Gasteiger charge is -2.49. The minimum atomic E-state index is -1.50. The molecule has 4 nitrogen and oxygen atoms in total. The topological polar surface area (TPSA) is 58.6 Å². The van der Waals surface area contributed by atoms with Gasteiger partial charge in [0.2, 0.25) is 0 Å². The Hall–Kier alpha value is -1.67. The van der Waals surface area contributed by atoms with E-state index in [4.69, 9.17) is 4.74 Å². The predicted octanol–water partition coefficient (Wildman–Crippen LogP) is 2.58. The van der Waals surface area contributed by atoms with Crippen molar-refractivity contribution in [3.8, 4) is 11.8 Å². The smallest absolute Gasteiger partial charge is 0.177 e. The van der Waals surface area contributed by atoms with E-state index in [-0.39, 0.29) is 5.78 Å². The lowest BCUT2D eigenvalue weighted by Crippen LogP contribution is -2.58. The highest BCUT2D eigenvalue weighted by Gasteiger charge is 2.53. The first-order valence-corrected chi connectivity index (χ1v) is 8.98. The van der Waals surface area contributed by atoms with Gasteiger partial charge in [-0.15, -0.1) is 5.92 Å². The molecule has 1 spiro atoms. The maximum absolute atomic E-state index is 13.1. The van der Waals surface area contributed by atoms with Gasteiger partial charge in [-0.1, -0.05) is 5.92 Å². The monoisotopic (exact) mass is 341 g/mol. The Morgan fingerprint density at radius 3 is 2.36 bits per heavy atom. The number of piperidine rings is 1. The Morgan fingerprint density at radius 2 is 1.84 bits per heavy atom. The zero-order valence-electron chi connectivity index (χ0n) is 15.5. The van der Waals surface area contributed by atoms with E-state index in [1.54, 1.807) is 13.8 Å². The summed E-state index contributed by atoms with van der Waals surface area (Å²) in [7, 11) is 0. The van der Waals surface area contributed by atoms with E-state index >= 15 is 0 Å². The van der Waals surface area contributed by atoms with Crippen LogP contribution in [0.4, 0.5) is 0 Å². The number of nitrogens with one attached hydrogen (secondary N) is 1. The molecule has 1 aromatic carbocycles. The van der Waals surface area contributed by atoms with E-state index in [1.807, 2.05) is 26.0 Å². The van der Waals surface area contributed by atoms with Crippen molar-refractivity contribution in [2.24, 2.45) is 0 Å². The predicted molar refractivity (Wildman–Crippen MR) is 97.4 cm³/mol. The standard InChI is InChI=1S/C21H27NO3/c1-5-6-16-11-14(2)18(15(3)12-16)19-17(23)13-21(25-20(19,4)24)7-9-22-10-8-21/h11-12,19,22,24H,7-10,13H2,1-4H3. The number of Topliss-reactive ketones (excluding diaryl/α,β-unsaturated/α-hetero) is 1. The molecule has 0 aromatic heterocycles. The van der Waals surface area contributed by atoms with Crippen molar-refractivity contribution in [1.29, 1.82) is 0 Å². The zero-order valence-corrected chi connectivity index (χ0v) is 15.5. The third-order valence-electron chi connectivity index (χ3n) is 5.44. The van der Waals surface area contributed by atoms with Gasteiger partial charge in [0.1, 0.15) is 5.78 Å². The van der Waals surface area contributed by atoms with Crippen LogP contribution in [0.25, 0.3) is 0 Å². The van der Waals surface area contributed by atoms with Crippen LogP contribution in [-0.4, -0.2) is 35.4 Å². The first kappa shape index (κ1) is 18.1. The van der Waals surface area contributed by atoms with Crippen LogP contribution in [0.2, 0.25) is 0 Å². The largest absolute Gasteiger partial charge is 0.365 e. The van der Waals surface area contributed by atoms with E-state index in [0.717, 1.165) is 48.2 Å². The fourth-order valence-corrected chi connectivity index (χ4v) is 4.49. The molecule has 1 aromatic rings. The van der Waals surface area contributed by atoms with Gasteiger partial charge in [-0.2, -0.15) is 0 Å². The molecule has 0 aliphatic carbocycles. The third-order valence-corrected chi connectivity index (χ3v) is 5.44. The number of ether oxygens (including phenoxy) is 1. The highest BCUT2D eigenvalue weighted by molar-refractivity contribution is 5.89. The molecule has 4 heteroatoms. The van der Waals surface area contributed by atoms with Gasteiger partial charge in [0.25, 0.3) is 0 Å². The molecule has 0 amide bonds. The van der Waals surface area contributed by atoms with Gasteiger partial charge in [0.15, 0.2) is 5.79 Å². The Bertz CT molecular complexity index is 725. The summed E-state index contributed by atoms with van der Waals surface area (Å²) in [6.45, 7) is 9.02. The number of carbonyl (C=O) groups excluding carboxylic acids is 1. The molecule has 2 aliphatic rings. The number of hydrogen-bond acceptors (Lipinski definition) is 4. The van der Waals surface area contributed by atoms with Crippen LogP contribution in [0.1, 0.15) is 61.3 Å². The van der Waals surface area contributed by atoms with Crippen molar-refractivity contribution in [2.45, 2.75) is 64.3 Å². The molecule has 3 rings (SSSR count). The normalized spacial score (nSPS) is 28.5. The summed E-state index contributed by atoms with van der Waals surface area (Å²) in [5, 5.41) is 14.4. The number of benzene rings is 1. The summed E-state index contributed by atoms with van der Waals surface area (Å²) >= 11 is 0. The summed E-state index contributed by atoms with van der Waals surface area (Å²) in [4.78, 5) is 13.1. The van der Waals surface area contributed by atoms with Crippen molar-refractivity contribution in [2.75, 3.05) is 13.1 Å². The summed E-state index contributed by atoms with van der Waals surface area (Å²) in [6.07, 6.45) is 1.88. The lowest BCUT2D eigenvalue weighted by atomic mass is 9.73. The van der Waals surface area contributed by atoms with Crippen LogP contribution < -0.4 is 5.32 Å². The van der Waals surface area contributed by atoms with Crippen LogP contribution in [0, 0.1) is 25.7 Å². The van der Waals surface area contributed by atoms with E-state index in [2.05, 4.69) is 17.2 Å². The fourth-order valence-electron chi connectivity index (χ4n) is 4.49. The molecule has 2 atom stereocenters. The second-order valence-electron chi connectivity index (χ2n) is 7.56. The van der Waals surface area contributed by atoms with E-state index < -0.39 is 17.3 Å². The average Bonchev–Trinajstić information content (AvgIpc) is 2.49. The number of rotatable bonds is 1. The maximum atomic E-state index is 13.1. The Kier molecular flexibility index (Phi) is 4.76. The van der Waals surface area contributed by atoms with Crippen LogP contribution in [-0.2, 0) is 9.53 Å². The van der Waals surface area contributed by atoms with Gasteiger partial charge in [0, 0.05) is 12.0 Å². The van der Waals surface area contributed by atoms with Gasteiger partial charge in [-0.3, -0.25) is 4.79 Å². The Morgan fingerprint density at radius 1 is 1.24 bits per heavy atom. The Balaban J connectivity index is 2.00. The number of ketones is 1. The van der Waals surface area contributed by atoms with Gasteiger partial charge >= 0.3 is 0 Å². The minimum absolute atomic E-state index is 0.0682. The molecule has 0 bridgehead atoms. The summed E-state index contributed by atoms with van der Waals surface area (Å²) in [5.41, 5.74) is 3.22. The first-order valence-electron chi connectivity index (χ1n) is 8.98. The van der Waals surface area contributed by atoms with E-state index in [9.17, 15) is 9.90 Å². The van der Waals surface area contributed by atoms with Crippen LogP contribution in [0.5, 0.6) is 0 Å². The molecule has 25 heavy (non-hydrogen) atoms. The fraction of sp³-hybridized carbons (Fsp3) is 0.571. The molecule has 2 saturated heterocycles. The quantitative estimate of drug-likeness (QED) is 0.771. The zero-order chi connectivity index (χ0) is 18.2. The highest BCUT2D eigenvalue weighted by atomic mass is 16.6. The van der Waals surface area contributed by atoms with Crippen LogP contribution >= 0.6 is 0 Å².